The molecule has 0 bridgehead atoms. The molecule has 92 valence electrons. The van der Waals surface area contributed by atoms with Gasteiger partial charge in [-0.2, -0.15) is 0 Å². The lowest BCUT2D eigenvalue weighted by Crippen LogP contribution is -2.18. The molecule has 2 aromatic rings. The minimum absolute atomic E-state index is 0.335. The third kappa shape index (κ3) is 2.20. The van der Waals surface area contributed by atoms with Crippen LogP contribution < -0.4 is 0 Å². The van der Waals surface area contributed by atoms with E-state index >= 15 is 0 Å². The zero-order valence-electron chi connectivity index (χ0n) is 10.6. The molecule has 17 heavy (non-hydrogen) atoms. The number of rotatable bonds is 3. The quantitative estimate of drug-likeness (QED) is 0.818. The highest BCUT2D eigenvalue weighted by Crippen LogP contribution is 2.32. The van der Waals surface area contributed by atoms with Crippen LogP contribution in [0.15, 0.2) is 12.4 Å². The van der Waals surface area contributed by atoms with E-state index in [2.05, 4.69) is 51.9 Å². The van der Waals surface area contributed by atoms with E-state index in [0.717, 1.165) is 17.2 Å². The van der Waals surface area contributed by atoms with Crippen molar-refractivity contribution >= 4 is 21.6 Å². The second kappa shape index (κ2) is 4.72. The fraction of sp³-hybridized carbons (Fsp3) is 0.583. The van der Waals surface area contributed by atoms with E-state index < -0.39 is 0 Å². The lowest BCUT2D eigenvalue weighted by Gasteiger charge is -2.23. The Kier molecular flexibility index (Phi) is 3.47. The third-order valence-electron chi connectivity index (χ3n) is 3.05. The minimum atomic E-state index is 0.335. The van der Waals surface area contributed by atoms with Crippen molar-refractivity contribution in [3.63, 3.8) is 0 Å². The van der Waals surface area contributed by atoms with Crippen LogP contribution in [0.3, 0.4) is 0 Å². The van der Waals surface area contributed by atoms with Gasteiger partial charge in [-0.1, -0.05) is 36.7 Å². The van der Waals surface area contributed by atoms with Crippen LogP contribution in [-0.4, -0.2) is 24.4 Å². The Morgan fingerprint density at radius 1 is 1.24 bits per heavy atom. The number of hydrogen-bond acceptors (Lipinski definition) is 3. The molecule has 0 spiro atoms. The van der Waals surface area contributed by atoms with Crippen LogP contribution in [0.25, 0.3) is 5.65 Å². The maximum absolute atomic E-state index is 4.51. The average molecular weight is 297 g/mol. The van der Waals surface area contributed by atoms with Crippen molar-refractivity contribution < 1.29 is 0 Å². The summed E-state index contributed by atoms with van der Waals surface area (Å²) in [5, 5.41) is 8.35. The predicted octanol–water partition coefficient (Wildman–Crippen LogP) is 2.96. The topological polar surface area (TPSA) is 43.1 Å². The second-order valence-electron chi connectivity index (χ2n) is 4.70. The van der Waals surface area contributed by atoms with Crippen molar-refractivity contribution in [2.45, 2.75) is 38.4 Å². The Morgan fingerprint density at radius 2 is 1.94 bits per heavy atom. The summed E-state index contributed by atoms with van der Waals surface area (Å²) in [6, 6.07) is 0. The van der Waals surface area contributed by atoms with Crippen LogP contribution in [0.1, 0.15) is 38.2 Å². The largest absolute Gasteiger partial charge is 0.284 e. The van der Waals surface area contributed by atoms with Crippen LogP contribution >= 0.6 is 15.9 Å². The van der Waals surface area contributed by atoms with Crippen LogP contribution in [0.4, 0.5) is 0 Å². The van der Waals surface area contributed by atoms with Gasteiger partial charge in [0, 0.05) is 23.1 Å². The minimum Gasteiger partial charge on any atom is -0.284 e. The maximum Gasteiger partial charge on any atom is 0.182 e. The highest BCUT2D eigenvalue weighted by molar-refractivity contribution is 9.09. The number of halogens is 1. The third-order valence-corrected chi connectivity index (χ3v) is 3.62. The lowest BCUT2D eigenvalue weighted by atomic mass is 9.90. The van der Waals surface area contributed by atoms with Crippen molar-refractivity contribution in [3.05, 3.63) is 23.9 Å². The summed E-state index contributed by atoms with van der Waals surface area (Å²) in [5.41, 5.74) is 1.89. The van der Waals surface area contributed by atoms with Gasteiger partial charge in [0.15, 0.2) is 5.65 Å². The first-order chi connectivity index (χ1) is 8.02. The molecule has 0 aliphatic carbocycles. The van der Waals surface area contributed by atoms with E-state index in [4.69, 9.17) is 0 Å². The summed E-state index contributed by atoms with van der Waals surface area (Å²) in [6.45, 7) is 8.51. The Hall–Kier alpha value is -0.970. The Balaban J connectivity index is 2.61. The molecule has 2 heterocycles. The van der Waals surface area contributed by atoms with Gasteiger partial charge in [-0.25, -0.2) is 0 Å². The van der Waals surface area contributed by atoms with Gasteiger partial charge in [0.2, 0.25) is 0 Å². The molecule has 0 saturated heterocycles. The molecule has 0 saturated carbocycles. The average Bonchev–Trinajstić information content (AvgIpc) is 2.61. The van der Waals surface area contributed by atoms with Gasteiger partial charge in [-0.3, -0.25) is 9.38 Å². The number of fused-ring (bicyclic) bond motifs is 1. The summed E-state index contributed by atoms with van der Waals surface area (Å²) in [7, 11) is 0. The van der Waals surface area contributed by atoms with E-state index in [1.54, 1.807) is 0 Å². The zero-order chi connectivity index (χ0) is 12.6. The zero-order valence-corrected chi connectivity index (χ0v) is 12.1. The summed E-state index contributed by atoms with van der Waals surface area (Å²) < 4.78 is 1.99. The fourth-order valence-electron chi connectivity index (χ4n) is 2.26. The molecule has 4 nitrogen and oxygen atoms in total. The number of hydrogen-bond donors (Lipinski definition) is 0. The molecule has 2 rings (SSSR count). The molecule has 0 fully saturated rings. The first kappa shape index (κ1) is 12.5. The summed E-state index contributed by atoms with van der Waals surface area (Å²) >= 11 is 3.67. The molecule has 0 amide bonds. The highest BCUT2D eigenvalue weighted by Gasteiger charge is 2.25. The molecule has 0 aliphatic heterocycles. The van der Waals surface area contributed by atoms with Gasteiger partial charge < -0.3 is 0 Å². The van der Waals surface area contributed by atoms with Gasteiger partial charge in [-0.15, -0.1) is 10.2 Å². The lowest BCUT2D eigenvalue weighted by molar-refractivity contribution is 0.489. The number of nitrogens with zero attached hydrogens (tertiary/aromatic N) is 4. The normalized spacial score (nSPS) is 15.4. The smallest absolute Gasteiger partial charge is 0.182 e. The number of aryl methyl sites for hydroxylation is 1. The Bertz CT molecular complexity index is 510. The predicted molar refractivity (Wildman–Crippen MR) is 71.5 cm³/mol. The van der Waals surface area contributed by atoms with E-state index in [-0.39, 0.29) is 0 Å². The van der Waals surface area contributed by atoms with E-state index in [1.807, 2.05) is 23.7 Å². The molecular formula is C12H17BrN4. The van der Waals surface area contributed by atoms with Crippen LogP contribution in [0, 0.1) is 12.8 Å². The maximum atomic E-state index is 4.51. The van der Waals surface area contributed by atoms with E-state index in [9.17, 15) is 0 Å². The summed E-state index contributed by atoms with van der Waals surface area (Å²) in [6.07, 6.45) is 3.73. The number of alkyl halides is 1. The monoisotopic (exact) mass is 296 g/mol. The van der Waals surface area contributed by atoms with Crippen molar-refractivity contribution in [1.82, 2.24) is 19.6 Å². The molecule has 2 aromatic heterocycles. The first-order valence-electron chi connectivity index (χ1n) is 5.82. The molecule has 0 aliphatic rings. The summed E-state index contributed by atoms with van der Waals surface area (Å²) in [4.78, 5) is 4.87. The van der Waals surface area contributed by atoms with Crippen molar-refractivity contribution in [1.29, 1.82) is 0 Å². The molecule has 5 heteroatoms. The van der Waals surface area contributed by atoms with Gasteiger partial charge >= 0.3 is 0 Å². The van der Waals surface area contributed by atoms with E-state index in [0.29, 0.717) is 16.7 Å². The first-order valence-corrected chi connectivity index (χ1v) is 6.74. The van der Waals surface area contributed by atoms with Crippen LogP contribution in [-0.2, 0) is 0 Å². The van der Waals surface area contributed by atoms with Gasteiger partial charge in [0.05, 0.1) is 5.69 Å². The Morgan fingerprint density at radius 3 is 2.53 bits per heavy atom. The standard InChI is InChI=1S/C12H17BrN4/c1-7(2)10(8(3)13)11-12-16-15-9(4)17(12)6-5-14-11/h5-8,10H,1-4H3. The molecule has 2 atom stereocenters. The van der Waals surface area contributed by atoms with Crippen molar-refractivity contribution in [2.75, 3.05) is 0 Å². The van der Waals surface area contributed by atoms with Gasteiger partial charge in [0.25, 0.3) is 0 Å². The molecular weight excluding hydrogens is 280 g/mol. The SMILES string of the molecule is Cc1nnc2c(C(C(C)C)C(C)Br)nccn12. The molecule has 0 aromatic carbocycles. The second-order valence-corrected chi connectivity index (χ2v) is 6.14. The van der Waals surface area contributed by atoms with Gasteiger partial charge in [-0.05, 0) is 12.8 Å². The fourth-order valence-corrected chi connectivity index (χ4v) is 3.12. The van der Waals surface area contributed by atoms with Crippen LogP contribution in [0.5, 0.6) is 0 Å². The molecule has 0 radical (unpaired) electrons. The van der Waals surface area contributed by atoms with E-state index in [1.165, 1.54) is 0 Å². The van der Waals surface area contributed by atoms with Crippen molar-refractivity contribution in [2.24, 2.45) is 5.92 Å². The Labute approximate surface area is 110 Å². The molecule has 0 N–H and O–H groups in total. The number of aromatic nitrogens is 4. The van der Waals surface area contributed by atoms with Gasteiger partial charge in [0.1, 0.15) is 5.82 Å². The summed E-state index contributed by atoms with van der Waals surface area (Å²) in [5.74, 6) is 1.73. The van der Waals surface area contributed by atoms with Crippen LogP contribution in [0.2, 0.25) is 0 Å². The van der Waals surface area contributed by atoms with Crippen molar-refractivity contribution in [3.8, 4) is 0 Å². The highest BCUT2D eigenvalue weighted by atomic mass is 79.9. The molecule has 2 unspecified atom stereocenters.